The maximum Gasteiger partial charge on any atom is 0.187 e. The summed E-state index contributed by atoms with van der Waals surface area (Å²) in [6.07, 6.45) is 5.25. The highest BCUT2D eigenvalue weighted by molar-refractivity contribution is 7.98. The fourth-order valence-electron chi connectivity index (χ4n) is 0.727. The number of thioether (sulfide) groups is 1. The molecule has 0 atom stereocenters. The molecule has 1 heterocycles. The van der Waals surface area contributed by atoms with E-state index in [1.807, 2.05) is 6.26 Å². The van der Waals surface area contributed by atoms with E-state index in [1.165, 1.54) is 11.8 Å². The molecule has 4 nitrogen and oxygen atoms in total. The Labute approximate surface area is 81.7 Å². The van der Waals surface area contributed by atoms with E-state index >= 15 is 0 Å². The highest BCUT2D eigenvalue weighted by Gasteiger charge is 1.95. The molecule has 72 valence electrons. The van der Waals surface area contributed by atoms with Gasteiger partial charge in [0.15, 0.2) is 10.9 Å². The van der Waals surface area contributed by atoms with Crippen molar-refractivity contribution in [3.63, 3.8) is 0 Å². The first kappa shape index (κ1) is 10.3. The molecule has 0 aromatic carbocycles. The summed E-state index contributed by atoms with van der Waals surface area (Å²) in [6, 6.07) is 0. The summed E-state index contributed by atoms with van der Waals surface area (Å²) in [5.41, 5.74) is 0. The molecule has 1 rings (SSSR count). The third-order valence-electron chi connectivity index (χ3n) is 1.34. The quantitative estimate of drug-likeness (QED) is 0.406. The molecule has 0 saturated carbocycles. The third kappa shape index (κ3) is 3.61. The summed E-state index contributed by atoms with van der Waals surface area (Å²) < 4.78 is 10.1. The molecule has 0 fully saturated rings. The fraction of sp³-hybridized carbons (Fsp3) is 0.500. The Hall–Kier alpha value is -0.810. The second-order valence-corrected chi connectivity index (χ2v) is 3.02. The highest BCUT2D eigenvalue weighted by Crippen LogP contribution is 2.11. The van der Waals surface area contributed by atoms with Gasteiger partial charge in [0.1, 0.15) is 6.61 Å². The van der Waals surface area contributed by atoms with Crippen molar-refractivity contribution in [2.75, 3.05) is 26.6 Å². The van der Waals surface area contributed by atoms with Crippen LogP contribution in [0.2, 0.25) is 0 Å². The van der Waals surface area contributed by atoms with Crippen molar-refractivity contribution in [2.45, 2.75) is 5.16 Å². The highest BCUT2D eigenvalue weighted by atomic mass is 32.2. The van der Waals surface area contributed by atoms with Crippen molar-refractivity contribution in [3.8, 4) is 5.75 Å². The lowest BCUT2D eigenvalue weighted by molar-refractivity contribution is 0.146. The smallest absolute Gasteiger partial charge is 0.187 e. The van der Waals surface area contributed by atoms with Crippen LogP contribution in [0.15, 0.2) is 17.6 Å². The van der Waals surface area contributed by atoms with Gasteiger partial charge in [-0.05, 0) is 6.26 Å². The Morgan fingerprint density at radius 2 is 2.00 bits per heavy atom. The van der Waals surface area contributed by atoms with E-state index in [1.54, 1.807) is 19.5 Å². The summed E-state index contributed by atoms with van der Waals surface area (Å²) >= 11 is 1.50. The van der Waals surface area contributed by atoms with Crippen molar-refractivity contribution < 1.29 is 9.47 Å². The normalized spacial score (nSPS) is 10.0. The number of aromatic nitrogens is 2. The van der Waals surface area contributed by atoms with Gasteiger partial charge < -0.3 is 9.47 Å². The number of methoxy groups -OCH3 is 1. The van der Waals surface area contributed by atoms with E-state index < -0.39 is 0 Å². The maximum atomic E-state index is 5.29. The first-order valence-corrected chi connectivity index (χ1v) is 5.07. The van der Waals surface area contributed by atoms with Gasteiger partial charge in [-0.15, -0.1) is 0 Å². The second-order valence-electron chi connectivity index (χ2n) is 2.25. The Bertz CT molecular complexity index is 240. The molecule has 5 heteroatoms. The maximum absolute atomic E-state index is 5.29. The molecule has 1 aromatic heterocycles. The Kier molecular flexibility index (Phi) is 4.56. The summed E-state index contributed by atoms with van der Waals surface area (Å²) in [5.74, 6) is 0.676. The largest absolute Gasteiger partial charge is 0.488 e. The fourth-order valence-corrected chi connectivity index (χ4v) is 1.04. The summed E-state index contributed by atoms with van der Waals surface area (Å²) in [5, 5.41) is 0.749. The van der Waals surface area contributed by atoms with Crippen LogP contribution >= 0.6 is 11.8 Å². The lowest BCUT2D eigenvalue weighted by atomic mass is 10.6. The van der Waals surface area contributed by atoms with Crippen LogP contribution in [0.25, 0.3) is 0 Å². The van der Waals surface area contributed by atoms with Crippen molar-refractivity contribution in [1.82, 2.24) is 9.97 Å². The minimum absolute atomic E-state index is 0.526. The molecule has 13 heavy (non-hydrogen) atoms. The van der Waals surface area contributed by atoms with Gasteiger partial charge in [-0.25, -0.2) is 9.97 Å². The average Bonchev–Trinajstić information content (AvgIpc) is 2.19. The van der Waals surface area contributed by atoms with E-state index in [2.05, 4.69) is 9.97 Å². The summed E-state index contributed by atoms with van der Waals surface area (Å²) in [7, 11) is 1.64. The van der Waals surface area contributed by atoms with E-state index in [0.717, 1.165) is 5.16 Å². The van der Waals surface area contributed by atoms with Gasteiger partial charge >= 0.3 is 0 Å². The summed E-state index contributed by atoms with van der Waals surface area (Å²) in [4.78, 5) is 8.12. The van der Waals surface area contributed by atoms with Crippen LogP contribution in [0.5, 0.6) is 5.75 Å². The minimum atomic E-state index is 0.526. The van der Waals surface area contributed by atoms with Crippen molar-refractivity contribution in [2.24, 2.45) is 0 Å². The van der Waals surface area contributed by atoms with Crippen LogP contribution in [0.4, 0.5) is 0 Å². The lowest BCUT2D eigenvalue weighted by Gasteiger charge is -2.03. The molecular formula is C8H12N2O2S. The predicted octanol–water partition coefficient (Wildman–Crippen LogP) is 1.22. The first-order chi connectivity index (χ1) is 6.36. The Balaban J connectivity index is 2.40. The van der Waals surface area contributed by atoms with E-state index in [9.17, 15) is 0 Å². The van der Waals surface area contributed by atoms with Crippen LogP contribution in [-0.4, -0.2) is 36.5 Å². The van der Waals surface area contributed by atoms with Crippen LogP contribution in [0, 0.1) is 0 Å². The topological polar surface area (TPSA) is 44.2 Å². The van der Waals surface area contributed by atoms with Gasteiger partial charge in [-0.2, -0.15) is 0 Å². The Morgan fingerprint density at radius 3 is 2.54 bits per heavy atom. The van der Waals surface area contributed by atoms with Crippen molar-refractivity contribution >= 4 is 11.8 Å². The van der Waals surface area contributed by atoms with Gasteiger partial charge in [-0.3, -0.25) is 0 Å². The van der Waals surface area contributed by atoms with Gasteiger partial charge in [0, 0.05) is 7.11 Å². The van der Waals surface area contributed by atoms with E-state index in [4.69, 9.17) is 9.47 Å². The molecule has 0 N–H and O–H groups in total. The molecular weight excluding hydrogens is 188 g/mol. The van der Waals surface area contributed by atoms with Gasteiger partial charge in [0.25, 0.3) is 0 Å². The molecule has 0 spiro atoms. The summed E-state index contributed by atoms with van der Waals surface area (Å²) in [6.45, 7) is 1.10. The molecule has 0 aliphatic rings. The molecule has 0 saturated heterocycles. The number of hydrogen-bond donors (Lipinski definition) is 0. The molecule has 1 aromatic rings. The molecule has 0 unspecified atom stereocenters. The molecule has 0 radical (unpaired) electrons. The predicted molar refractivity (Wildman–Crippen MR) is 51.2 cm³/mol. The van der Waals surface area contributed by atoms with Crippen LogP contribution in [0.1, 0.15) is 0 Å². The van der Waals surface area contributed by atoms with Crippen LogP contribution in [-0.2, 0) is 4.74 Å². The standard InChI is InChI=1S/C8H12N2O2S/c1-11-3-4-12-7-5-9-8(13-2)10-6-7/h5-6H,3-4H2,1-2H3. The van der Waals surface area contributed by atoms with Crippen molar-refractivity contribution in [1.29, 1.82) is 0 Å². The number of rotatable bonds is 5. The zero-order valence-electron chi connectivity index (χ0n) is 7.69. The van der Waals surface area contributed by atoms with Crippen LogP contribution < -0.4 is 4.74 Å². The first-order valence-electron chi connectivity index (χ1n) is 3.84. The average molecular weight is 200 g/mol. The second kappa shape index (κ2) is 5.77. The number of ether oxygens (including phenoxy) is 2. The lowest BCUT2D eigenvalue weighted by Crippen LogP contribution is -2.04. The van der Waals surface area contributed by atoms with Crippen LogP contribution in [0.3, 0.4) is 0 Å². The van der Waals surface area contributed by atoms with Gasteiger partial charge in [0.05, 0.1) is 19.0 Å². The molecule has 0 amide bonds. The molecule has 0 aliphatic carbocycles. The Morgan fingerprint density at radius 1 is 1.31 bits per heavy atom. The monoisotopic (exact) mass is 200 g/mol. The molecule has 0 bridgehead atoms. The van der Waals surface area contributed by atoms with Crippen molar-refractivity contribution in [3.05, 3.63) is 12.4 Å². The van der Waals surface area contributed by atoms with E-state index in [-0.39, 0.29) is 0 Å². The zero-order chi connectivity index (χ0) is 9.52. The van der Waals surface area contributed by atoms with Gasteiger partial charge in [0.2, 0.25) is 0 Å². The van der Waals surface area contributed by atoms with Gasteiger partial charge in [-0.1, -0.05) is 11.8 Å². The SMILES string of the molecule is COCCOc1cnc(SC)nc1. The third-order valence-corrected chi connectivity index (χ3v) is 1.92. The zero-order valence-corrected chi connectivity index (χ0v) is 8.50. The van der Waals surface area contributed by atoms with E-state index in [0.29, 0.717) is 19.0 Å². The number of hydrogen-bond acceptors (Lipinski definition) is 5. The number of nitrogens with zero attached hydrogens (tertiary/aromatic N) is 2. The molecule has 0 aliphatic heterocycles. The minimum Gasteiger partial charge on any atom is -0.488 e.